The molecule has 2 aliphatic heterocycles. The molecule has 1 saturated heterocycles. The molecule has 38 heavy (non-hydrogen) atoms. The number of thioether (sulfide) groups is 1. The highest BCUT2D eigenvalue weighted by atomic mass is 79.9. The van der Waals surface area contributed by atoms with Crippen LogP contribution in [0, 0.1) is 0 Å². The summed E-state index contributed by atoms with van der Waals surface area (Å²) in [7, 11) is 0. The monoisotopic (exact) mass is 630 g/mol. The van der Waals surface area contributed by atoms with E-state index in [2.05, 4.69) is 22.0 Å². The number of hydrogen-bond acceptors (Lipinski definition) is 5. The average molecular weight is 632 g/mol. The number of rotatable bonds is 6. The molecule has 0 saturated carbocycles. The van der Waals surface area contributed by atoms with Crippen LogP contribution in [0.2, 0.25) is 10.0 Å². The number of fused-ring (bicyclic) bond motifs is 1. The maximum atomic E-state index is 13.0. The van der Waals surface area contributed by atoms with Crippen molar-refractivity contribution in [1.29, 1.82) is 0 Å². The van der Waals surface area contributed by atoms with Gasteiger partial charge in [0.1, 0.15) is 18.9 Å². The van der Waals surface area contributed by atoms with Gasteiger partial charge >= 0.3 is 0 Å². The Labute approximate surface area is 242 Å². The van der Waals surface area contributed by atoms with Crippen LogP contribution < -0.4 is 4.74 Å². The highest BCUT2D eigenvalue weighted by Gasteiger charge is 2.37. The van der Waals surface area contributed by atoms with E-state index in [4.69, 9.17) is 27.9 Å². The highest BCUT2D eigenvalue weighted by molar-refractivity contribution is 9.10. The fraction of sp³-hybridized carbons (Fsp3) is 0.179. The van der Waals surface area contributed by atoms with E-state index in [0.717, 1.165) is 34.2 Å². The summed E-state index contributed by atoms with van der Waals surface area (Å²) < 4.78 is 6.56. The zero-order chi connectivity index (χ0) is 26.8. The molecule has 0 radical (unpaired) electrons. The van der Waals surface area contributed by atoms with E-state index < -0.39 is 11.1 Å². The van der Waals surface area contributed by atoms with Crippen molar-refractivity contribution < 1.29 is 19.1 Å². The second-order valence-corrected chi connectivity index (χ2v) is 11.5. The van der Waals surface area contributed by atoms with Gasteiger partial charge in [-0.2, -0.15) is 0 Å². The molecule has 3 aromatic carbocycles. The lowest BCUT2D eigenvalue weighted by Crippen LogP contribution is -2.44. The van der Waals surface area contributed by atoms with Crippen molar-refractivity contribution in [2.75, 3.05) is 13.1 Å². The Balaban J connectivity index is 1.22. The largest absolute Gasteiger partial charge is 0.488 e. The van der Waals surface area contributed by atoms with E-state index in [1.165, 1.54) is 5.56 Å². The van der Waals surface area contributed by atoms with Crippen LogP contribution in [-0.2, 0) is 29.2 Å². The van der Waals surface area contributed by atoms with E-state index >= 15 is 0 Å². The topological polar surface area (TPSA) is 66.9 Å². The number of ether oxygens (including phenoxy) is 1. The molecule has 0 spiro atoms. The minimum atomic E-state index is -0.471. The average Bonchev–Trinajstić information content (AvgIpc) is 3.17. The Hall–Kier alpha value is -2.78. The lowest BCUT2D eigenvalue weighted by molar-refractivity contribution is -0.136. The molecule has 0 aromatic heterocycles. The molecule has 3 amide bonds. The molecule has 5 rings (SSSR count). The lowest BCUT2D eigenvalue weighted by Gasteiger charge is -2.29. The van der Waals surface area contributed by atoms with Crippen LogP contribution in [0.15, 0.2) is 70.0 Å². The molecule has 0 aliphatic carbocycles. The van der Waals surface area contributed by atoms with Gasteiger partial charge in [-0.25, -0.2) is 0 Å². The van der Waals surface area contributed by atoms with Crippen molar-refractivity contribution in [1.82, 2.24) is 9.80 Å². The Morgan fingerprint density at radius 2 is 1.82 bits per heavy atom. The molecular weight excluding hydrogens is 611 g/mol. The molecule has 0 bridgehead atoms. The van der Waals surface area contributed by atoms with Crippen LogP contribution in [0.3, 0.4) is 0 Å². The van der Waals surface area contributed by atoms with Crippen molar-refractivity contribution >= 4 is 74.0 Å². The van der Waals surface area contributed by atoms with Crippen LogP contribution in [0.1, 0.15) is 22.3 Å². The highest BCUT2D eigenvalue weighted by Crippen LogP contribution is 2.34. The summed E-state index contributed by atoms with van der Waals surface area (Å²) in [5.74, 6) is -0.105. The molecule has 0 N–H and O–H groups in total. The number of imide groups is 1. The third-order valence-corrected chi connectivity index (χ3v) is 8.55. The first-order valence-electron chi connectivity index (χ1n) is 11.7. The van der Waals surface area contributed by atoms with Crippen LogP contribution in [-0.4, -0.2) is 39.9 Å². The van der Waals surface area contributed by atoms with Crippen LogP contribution in [0.4, 0.5) is 4.79 Å². The van der Waals surface area contributed by atoms with Gasteiger partial charge in [-0.3, -0.25) is 19.3 Å². The first-order valence-corrected chi connectivity index (χ1v) is 14.1. The van der Waals surface area contributed by atoms with Crippen LogP contribution >= 0.6 is 50.9 Å². The number of carbonyl (C=O) groups excluding carboxylic acids is 3. The summed E-state index contributed by atoms with van der Waals surface area (Å²) in [6.45, 7) is 1.07. The van der Waals surface area contributed by atoms with Crippen LogP contribution in [0.25, 0.3) is 6.08 Å². The number of carbonyl (C=O) groups is 3. The van der Waals surface area contributed by atoms with Gasteiger partial charge in [-0.05, 0) is 86.7 Å². The summed E-state index contributed by atoms with van der Waals surface area (Å²) in [5, 5.41) is 0.485. The smallest absolute Gasteiger partial charge is 0.294 e. The zero-order valence-corrected chi connectivity index (χ0v) is 23.9. The van der Waals surface area contributed by atoms with Gasteiger partial charge in [-0.15, -0.1) is 0 Å². The molecule has 3 aromatic rings. The Kier molecular flexibility index (Phi) is 8.14. The number of amides is 3. The Bertz CT molecular complexity index is 1480. The van der Waals surface area contributed by atoms with Gasteiger partial charge in [0.15, 0.2) is 0 Å². The van der Waals surface area contributed by atoms with Crippen molar-refractivity contribution in [2.45, 2.75) is 19.6 Å². The molecule has 6 nitrogen and oxygen atoms in total. The summed E-state index contributed by atoms with van der Waals surface area (Å²) in [6, 6.07) is 18.7. The number of benzene rings is 3. The lowest BCUT2D eigenvalue weighted by atomic mass is 10.00. The third-order valence-electron chi connectivity index (χ3n) is 6.28. The summed E-state index contributed by atoms with van der Waals surface area (Å²) >= 11 is 16.4. The molecule has 0 unspecified atom stereocenters. The van der Waals surface area contributed by atoms with E-state index in [-0.39, 0.29) is 17.4 Å². The standard InChI is InChI=1S/C28H21BrCl2N2O4S/c29-21-11-17(6-8-24(21)37-16-18-5-7-22(30)23(31)12-18)13-25-27(35)33(28(36)38-25)15-26(34)32-10-9-19-3-1-2-4-20(19)14-32/h1-8,11-13H,9-10,14-16H2/b25-13-. The van der Waals surface area contributed by atoms with Gasteiger partial charge in [0.05, 0.1) is 19.4 Å². The second kappa shape index (κ2) is 11.5. The quantitative estimate of drug-likeness (QED) is 0.275. The van der Waals surface area contributed by atoms with E-state index in [1.54, 1.807) is 41.3 Å². The zero-order valence-electron chi connectivity index (χ0n) is 20.0. The first kappa shape index (κ1) is 26.8. The van der Waals surface area contributed by atoms with Crippen molar-refractivity contribution in [3.63, 3.8) is 0 Å². The van der Waals surface area contributed by atoms with Gasteiger partial charge in [0, 0.05) is 13.1 Å². The molecule has 194 valence electrons. The van der Waals surface area contributed by atoms with Crippen molar-refractivity contribution in [3.8, 4) is 5.75 Å². The first-order chi connectivity index (χ1) is 18.3. The van der Waals surface area contributed by atoms with Gasteiger partial charge in [-0.1, -0.05) is 59.6 Å². The second-order valence-electron chi connectivity index (χ2n) is 8.83. The molecule has 2 aliphatic rings. The van der Waals surface area contributed by atoms with E-state index in [0.29, 0.717) is 45.5 Å². The molecule has 2 heterocycles. The van der Waals surface area contributed by atoms with E-state index in [1.807, 2.05) is 24.3 Å². The van der Waals surface area contributed by atoms with Crippen molar-refractivity contribution in [2.24, 2.45) is 0 Å². The van der Waals surface area contributed by atoms with Crippen LogP contribution in [0.5, 0.6) is 5.75 Å². The SMILES string of the molecule is O=C(CN1C(=O)S/C(=C\c2ccc(OCc3ccc(Cl)c(Cl)c3)c(Br)c2)C1=O)N1CCc2ccccc2C1. The van der Waals surface area contributed by atoms with E-state index in [9.17, 15) is 14.4 Å². The normalized spacial score (nSPS) is 16.2. The minimum Gasteiger partial charge on any atom is -0.488 e. The van der Waals surface area contributed by atoms with Gasteiger partial charge < -0.3 is 9.64 Å². The molecule has 10 heteroatoms. The molecular formula is C28H21BrCl2N2O4S. The predicted octanol–water partition coefficient (Wildman–Crippen LogP) is 6.96. The fourth-order valence-electron chi connectivity index (χ4n) is 4.25. The Morgan fingerprint density at radius 1 is 1.03 bits per heavy atom. The van der Waals surface area contributed by atoms with Gasteiger partial charge in [0.25, 0.3) is 11.1 Å². The maximum absolute atomic E-state index is 13.0. The summed E-state index contributed by atoms with van der Waals surface area (Å²) in [6.07, 6.45) is 2.39. The minimum absolute atomic E-state index is 0.241. The number of hydrogen-bond donors (Lipinski definition) is 0. The summed E-state index contributed by atoms with van der Waals surface area (Å²) in [4.78, 5) is 41.5. The maximum Gasteiger partial charge on any atom is 0.294 e. The number of halogens is 3. The third kappa shape index (κ3) is 5.94. The van der Waals surface area contributed by atoms with Gasteiger partial charge in [0.2, 0.25) is 5.91 Å². The van der Waals surface area contributed by atoms with Crippen molar-refractivity contribution in [3.05, 3.63) is 102 Å². The summed E-state index contributed by atoms with van der Waals surface area (Å²) in [5.41, 5.74) is 3.90. The molecule has 1 fully saturated rings. The predicted molar refractivity (Wildman–Crippen MR) is 153 cm³/mol. The fourth-order valence-corrected chi connectivity index (χ4v) is 5.92. The number of nitrogens with zero attached hydrogens (tertiary/aromatic N) is 2. The Morgan fingerprint density at radius 3 is 2.58 bits per heavy atom. The molecule has 0 atom stereocenters.